The summed E-state index contributed by atoms with van der Waals surface area (Å²) in [6.07, 6.45) is 0.790. The molecular formula is C23H18FNO. The zero-order chi connectivity index (χ0) is 17.8. The molecular weight excluding hydrogens is 325 g/mol. The van der Waals surface area contributed by atoms with Crippen LogP contribution >= 0.6 is 0 Å². The predicted octanol–water partition coefficient (Wildman–Crippen LogP) is 5.66. The summed E-state index contributed by atoms with van der Waals surface area (Å²) in [7, 11) is 0. The van der Waals surface area contributed by atoms with Crippen molar-refractivity contribution in [2.24, 2.45) is 0 Å². The van der Waals surface area contributed by atoms with Crippen LogP contribution in [0.2, 0.25) is 0 Å². The Balaban J connectivity index is 1.38. The molecule has 0 amide bonds. The second-order valence-corrected chi connectivity index (χ2v) is 6.15. The van der Waals surface area contributed by atoms with Gasteiger partial charge in [-0.25, -0.2) is 9.37 Å². The number of halogens is 1. The van der Waals surface area contributed by atoms with Crippen LogP contribution in [-0.2, 0) is 6.42 Å². The molecule has 0 saturated carbocycles. The van der Waals surface area contributed by atoms with Gasteiger partial charge in [-0.1, -0.05) is 54.6 Å². The van der Waals surface area contributed by atoms with Gasteiger partial charge in [0.2, 0.25) is 5.88 Å². The van der Waals surface area contributed by atoms with E-state index in [1.165, 1.54) is 28.8 Å². The fourth-order valence-electron chi connectivity index (χ4n) is 2.92. The highest BCUT2D eigenvalue weighted by atomic mass is 19.1. The third-order valence-electron chi connectivity index (χ3n) is 4.33. The van der Waals surface area contributed by atoms with E-state index in [0.717, 1.165) is 11.8 Å². The molecule has 3 aromatic carbocycles. The zero-order valence-electron chi connectivity index (χ0n) is 14.2. The van der Waals surface area contributed by atoms with Crippen molar-refractivity contribution < 1.29 is 9.13 Å². The maximum absolute atomic E-state index is 13.3. The first-order chi connectivity index (χ1) is 12.8. The normalized spacial score (nSPS) is 10.8. The van der Waals surface area contributed by atoms with Gasteiger partial charge in [0.05, 0.1) is 12.1 Å². The van der Waals surface area contributed by atoms with Crippen molar-refractivity contribution in [3.8, 4) is 17.0 Å². The van der Waals surface area contributed by atoms with E-state index in [1.54, 1.807) is 6.07 Å². The minimum Gasteiger partial charge on any atom is -0.477 e. The average Bonchev–Trinajstić information content (AvgIpc) is 2.69. The Kier molecular flexibility index (Phi) is 4.61. The largest absolute Gasteiger partial charge is 0.477 e. The number of rotatable bonds is 5. The number of ether oxygens (including phenoxy) is 1. The third-order valence-corrected chi connectivity index (χ3v) is 4.33. The van der Waals surface area contributed by atoms with E-state index in [2.05, 4.69) is 41.4 Å². The van der Waals surface area contributed by atoms with Crippen molar-refractivity contribution in [2.45, 2.75) is 6.42 Å². The number of nitrogens with zero attached hydrogens (tertiary/aromatic N) is 1. The van der Waals surface area contributed by atoms with Crippen LogP contribution in [-0.4, -0.2) is 11.6 Å². The topological polar surface area (TPSA) is 22.1 Å². The van der Waals surface area contributed by atoms with Crippen molar-refractivity contribution >= 4 is 10.9 Å². The van der Waals surface area contributed by atoms with Gasteiger partial charge < -0.3 is 4.74 Å². The van der Waals surface area contributed by atoms with E-state index in [9.17, 15) is 4.39 Å². The molecule has 0 atom stereocenters. The molecule has 0 unspecified atom stereocenters. The quantitative estimate of drug-likeness (QED) is 0.466. The van der Waals surface area contributed by atoms with Gasteiger partial charge in [0.25, 0.3) is 0 Å². The number of fused-ring (bicyclic) bond motifs is 1. The summed E-state index contributed by atoms with van der Waals surface area (Å²) < 4.78 is 19.1. The van der Waals surface area contributed by atoms with Gasteiger partial charge >= 0.3 is 0 Å². The number of aromatic nitrogens is 1. The first-order valence-corrected chi connectivity index (χ1v) is 8.61. The predicted molar refractivity (Wildman–Crippen MR) is 103 cm³/mol. The minimum absolute atomic E-state index is 0.291. The molecule has 0 fully saturated rings. The summed E-state index contributed by atoms with van der Waals surface area (Å²) in [6, 6.07) is 27.1. The standard InChI is InChI=1S/C23H18FNO/c24-21-12-10-20-11-13-23(25-22(20)16-21)26-15-14-17-6-8-19(9-7-17)18-4-2-1-3-5-18/h1-13,16H,14-15H2. The highest BCUT2D eigenvalue weighted by Gasteiger charge is 2.02. The highest BCUT2D eigenvalue weighted by Crippen LogP contribution is 2.20. The first kappa shape index (κ1) is 16.3. The lowest BCUT2D eigenvalue weighted by Gasteiger charge is -2.07. The van der Waals surface area contributed by atoms with Crippen molar-refractivity contribution in [2.75, 3.05) is 6.61 Å². The number of benzene rings is 3. The highest BCUT2D eigenvalue weighted by molar-refractivity contribution is 5.79. The lowest BCUT2D eigenvalue weighted by atomic mass is 10.0. The maximum atomic E-state index is 13.3. The van der Waals surface area contributed by atoms with E-state index in [4.69, 9.17) is 4.74 Å². The van der Waals surface area contributed by atoms with E-state index < -0.39 is 0 Å². The second kappa shape index (κ2) is 7.36. The average molecular weight is 343 g/mol. The zero-order valence-corrected chi connectivity index (χ0v) is 14.2. The summed E-state index contributed by atoms with van der Waals surface area (Å²) in [5, 5.41) is 0.898. The molecule has 2 nitrogen and oxygen atoms in total. The van der Waals surface area contributed by atoms with Crippen LogP contribution in [0.3, 0.4) is 0 Å². The maximum Gasteiger partial charge on any atom is 0.213 e. The van der Waals surface area contributed by atoms with Crippen LogP contribution in [0.15, 0.2) is 84.9 Å². The molecule has 0 spiro atoms. The molecule has 4 rings (SSSR count). The van der Waals surface area contributed by atoms with Crippen molar-refractivity contribution in [1.29, 1.82) is 0 Å². The summed E-state index contributed by atoms with van der Waals surface area (Å²) in [5.74, 6) is 0.227. The molecule has 0 aliphatic heterocycles. The molecule has 26 heavy (non-hydrogen) atoms. The smallest absolute Gasteiger partial charge is 0.213 e. The third kappa shape index (κ3) is 3.72. The molecule has 0 saturated heterocycles. The molecule has 128 valence electrons. The number of hydrogen-bond donors (Lipinski definition) is 0. The van der Waals surface area contributed by atoms with Crippen LogP contribution in [0.25, 0.3) is 22.0 Å². The Morgan fingerprint density at radius 3 is 2.31 bits per heavy atom. The Labute approximate surface area is 151 Å². The van der Waals surface area contributed by atoms with Crippen LogP contribution in [0.1, 0.15) is 5.56 Å². The van der Waals surface area contributed by atoms with Gasteiger partial charge in [0, 0.05) is 23.9 Å². The van der Waals surface area contributed by atoms with Gasteiger partial charge in [-0.15, -0.1) is 0 Å². The van der Waals surface area contributed by atoms with Crippen LogP contribution < -0.4 is 4.74 Å². The molecule has 1 aromatic heterocycles. The number of pyridine rings is 1. The first-order valence-electron chi connectivity index (χ1n) is 8.61. The van der Waals surface area contributed by atoms with Gasteiger partial charge in [-0.3, -0.25) is 0 Å². The lowest BCUT2D eigenvalue weighted by Crippen LogP contribution is -2.02. The summed E-state index contributed by atoms with van der Waals surface area (Å²) >= 11 is 0. The summed E-state index contributed by atoms with van der Waals surface area (Å²) in [6.45, 7) is 0.526. The van der Waals surface area contributed by atoms with E-state index in [0.29, 0.717) is 18.0 Å². The molecule has 0 aliphatic rings. The van der Waals surface area contributed by atoms with Crippen LogP contribution in [0.5, 0.6) is 5.88 Å². The van der Waals surface area contributed by atoms with Gasteiger partial charge in [-0.2, -0.15) is 0 Å². The van der Waals surface area contributed by atoms with E-state index in [-0.39, 0.29) is 5.82 Å². The lowest BCUT2D eigenvalue weighted by molar-refractivity contribution is 0.310. The fourth-order valence-corrected chi connectivity index (χ4v) is 2.92. The minimum atomic E-state index is -0.291. The Bertz CT molecular complexity index is 1010. The van der Waals surface area contributed by atoms with Gasteiger partial charge in [0.1, 0.15) is 5.82 Å². The molecule has 3 heteroatoms. The van der Waals surface area contributed by atoms with E-state index in [1.807, 2.05) is 30.3 Å². The van der Waals surface area contributed by atoms with Crippen LogP contribution in [0, 0.1) is 5.82 Å². The Morgan fingerprint density at radius 2 is 1.50 bits per heavy atom. The van der Waals surface area contributed by atoms with Gasteiger partial charge in [-0.05, 0) is 34.9 Å². The molecule has 0 bridgehead atoms. The SMILES string of the molecule is Fc1ccc2ccc(OCCc3ccc(-c4ccccc4)cc3)nc2c1. The monoisotopic (exact) mass is 343 g/mol. The fraction of sp³-hybridized carbons (Fsp3) is 0.0870. The summed E-state index contributed by atoms with van der Waals surface area (Å²) in [5.41, 5.74) is 4.22. The Hall–Kier alpha value is -3.20. The van der Waals surface area contributed by atoms with Crippen molar-refractivity contribution in [3.05, 3.63) is 96.3 Å². The molecule has 0 radical (unpaired) electrons. The van der Waals surface area contributed by atoms with Crippen LogP contribution in [0.4, 0.5) is 4.39 Å². The molecule has 0 N–H and O–H groups in total. The molecule has 4 aromatic rings. The molecule has 1 heterocycles. The molecule has 0 aliphatic carbocycles. The second-order valence-electron chi connectivity index (χ2n) is 6.15. The van der Waals surface area contributed by atoms with Gasteiger partial charge in [0.15, 0.2) is 0 Å². The number of hydrogen-bond acceptors (Lipinski definition) is 2. The van der Waals surface area contributed by atoms with Crippen molar-refractivity contribution in [3.63, 3.8) is 0 Å². The Morgan fingerprint density at radius 1 is 0.769 bits per heavy atom. The van der Waals surface area contributed by atoms with E-state index >= 15 is 0 Å². The van der Waals surface area contributed by atoms with Crippen molar-refractivity contribution in [1.82, 2.24) is 4.98 Å². The summed E-state index contributed by atoms with van der Waals surface area (Å²) in [4.78, 5) is 4.36.